The fourth-order valence-corrected chi connectivity index (χ4v) is 5.50. The number of fused-ring (bicyclic) bond motifs is 1. The Kier molecular flexibility index (Phi) is 3.50. The number of hydrogen-bond acceptors (Lipinski definition) is 3. The van der Waals surface area contributed by atoms with Gasteiger partial charge in [0.05, 0.1) is 33.5 Å². The summed E-state index contributed by atoms with van der Waals surface area (Å²) in [4.78, 5) is 4.56. The van der Waals surface area contributed by atoms with Crippen molar-refractivity contribution in [3.63, 3.8) is 0 Å². The van der Waals surface area contributed by atoms with Crippen LogP contribution >= 0.6 is 23.2 Å². The third-order valence-corrected chi connectivity index (χ3v) is 6.34. The minimum Gasteiger partial charge on any atom is -0.320 e. The van der Waals surface area contributed by atoms with Crippen LogP contribution < -0.4 is 0 Å². The number of sulfone groups is 1. The minimum atomic E-state index is -3.02. The molecule has 1 aromatic heterocycles. The molecule has 0 bridgehead atoms. The molecule has 3 rings (SSSR count). The van der Waals surface area contributed by atoms with E-state index in [0.29, 0.717) is 17.3 Å². The van der Waals surface area contributed by atoms with Crippen molar-refractivity contribution in [2.45, 2.75) is 31.2 Å². The van der Waals surface area contributed by atoms with Gasteiger partial charge in [-0.15, -0.1) is 11.6 Å². The van der Waals surface area contributed by atoms with Gasteiger partial charge in [0.2, 0.25) is 0 Å². The van der Waals surface area contributed by atoms with Crippen LogP contribution in [0.5, 0.6) is 0 Å². The first-order chi connectivity index (χ1) is 9.72. The predicted molar refractivity (Wildman–Crippen MR) is 85.9 cm³/mol. The summed E-state index contributed by atoms with van der Waals surface area (Å²) in [7, 11) is -3.02. The molecule has 1 fully saturated rings. The third-order valence-electron chi connectivity index (χ3n) is 4.02. The van der Waals surface area contributed by atoms with Gasteiger partial charge in [0.25, 0.3) is 0 Å². The Balaban J connectivity index is 2.28. The number of halogens is 2. The van der Waals surface area contributed by atoms with Gasteiger partial charge in [-0.1, -0.05) is 11.6 Å². The smallest absolute Gasteiger partial charge is 0.152 e. The fraction of sp³-hybridized carbons (Fsp3) is 0.500. The molecule has 1 saturated heterocycles. The normalized spacial score (nSPS) is 26.3. The van der Waals surface area contributed by atoms with Crippen LogP contribution in [0.3, 0.4) is 0 Å². The largest absolute Gasteiger partial charge is 0.320 e. The Morgan fingerprint density at radius 1 is 1.43 bits per heavy atom. The summed E-state index contributed by atoms with van der Waals surface area (Å²) in [5, 5.41) is 0.293. The van der Waals surface area contributed by atoms with E-state index in [9.17, 15) is 8.42 Å². The van der Waals surface area contributed by atoms with E-state index >= 15 is 0 Å². The molecule has 21 heavy (non-hydrogen) atoms. The Hall–Kier alpha value is -0.780. The summed E-state index contributed by atoms with van der Waals surface area (Å²) in [5.41, 5.74) is 1.11. The highest BCUT2D eigenvalue weighted by Gasteiger charge is 2.42. The number of alkyl halides is 1. The van der Waals surface area contributed by atoms with Crippen LogP contribution in [-0.4, -0.2) is 29.5 Å². The first kappa shape index (κ1) is 15.1. The average Bonchev–Trinajstić information content (AvgIpc) is 2.87. The number of hydrogen-bond donors (Lipinski definition) is 0. The highest BCUT2D eigenvalue weighted by Crippen LogP contribution is 2.38. The number of nitrogens with zero attached hydrogens (tertiary/aromatic N) is 2. The van der Waals surface area contributed by atoms with Gasteiger partial charge in [-0.25, -0.2) is 13.4 Å². The fourth-order valence-electron chi connectivity index (χ4n) is 3.08. The van der Waals surface area contributed by atoms with Gasteiger partial charge in [-0.3, -0.25) is 0 Å². The van der Waals surface area contributed by atoms with E-state index in [1.54, 1.807) is 12.1 Å². The Morgan fingerprint density at radius 3 is 2.71 bits per heavy atom. The van der Waals surface area contributed by atoms with E-state index in [4.69, 9.17) is 23.2 Å². The quantitative estimate of drug-likeness (QED) is 0.781. The van der Waals surface area contributed by atoms with Gasteiger partial charge in [0.1, 0.15) is 5.82 Å². The van der Waals surface area contributed by atoms with Crippen molar-refractivity contribution in [3.8, 4) is 0 Å². The minimum absolute atomic E-state index is 0.116. The van der Waals surface area contributed by atoms with Gasteiger partial charge in [-0.05, 0) is 38.5 Å². The van der Waals surface area contributed by atoms with E-state index in [-0.39, 0.29) is 16.9 Å². The molecule has 0 radical (unpaired) electrons. The molecule has 7 heteroatoms. The maximum atomic E-state index is 11.9. The summed E-state index contributed by atoms with van der Waals surface area (Å²) in [6, 6.07) is 5.45. The van der Waals surface area contributed by atoms with E-state index in [1.807, 2.05) is 24.5 Å². The van der Waals surface area contributed by atoms with Crippen molar-refractivity contribution >= 4 is 44.1 Å². The second kappa shape index (κ2) is 4.86. The third kappa shape index (κ3) is 2.56. The highest BCUT2D eigenvalue weighted by atomic mass is 35.5. The lowest BCUT2D eigenvalue weighted by molar-refractivity contribution is 0.363. The zero-order valence-electron chi connectivity index (χ0n) is 11.8. The van der Waals surface area contributed by atoms with Crippen LogP contribution in [0, 0.1) is 0 Å². The molecule has 114 valence electrons. The molecule has 1 aliphatic heterocycles. The molecule has 2 unspecified atom stereocenters. The number of aromatic nitrogens is 2. The molecule has 0 saturated carbocycles. The van der Waals surface area contributed by atoms with E-state index < -0.39 is 15.4 Å². The average molecular weight is 347 g/mol. The van der Waals surface area contributed by atoms with E-state index in [0.717, 1.165) is 11.0 Å². The molecule has 2 aromatic rings. The van der Waals surface area contributed by atoms with Crippen LogP contribution in [0.4, 0.5) is 0 Å². The first-order valence-electron chi connectivity index (χ1n) is 6.75. The standard InChI is InChI=1S/C14H16Cl2N2O2S/c1-9(15)13-17-11-7-10(16)3-4-12(11)18(13)14(2)5-6-21(19,20)8-14/h3-4,7,9H,5-6,8H2,1-2H3. The highest BCUT2D eigenvalue weighted by molar-refractivity contribution is 7.91. The zero-order chi connectivity index (χ0) is 15.4. The summed E-state index contributed by atoms with van der Waals surface area (Å²) < 4.78 is 25.8. The molecule has 4 nitrogen and oxygen atoms in total. The van der Waals surface area contributed by atoms with Gasteiger partial charge in [-0.2, -0.15) is 0 Å². The first-order valence-corrected chi connectivity index (χ1v) is 9.38. The number of imidazole rings is 1. The van der Waals surface area contributed by atoms with Gasteiger partial charge in [0, 0.05) is 5.02 Å². The van der Waals surface area contributed by atoms with Crippen molar-refractivity contribution in [2.24, 2.45) is 0 Å². The molecule has 2 heterocycles. The lowest BCUT2D eigenvalue weighted by atomic mass is 10.0. The van der Waals surface area contributed by atoms with Crippen LogP contribution in [-0.2, 0) is 15.4 Å². The molecule has 2 atom stereocenters. The summed E-state index contributed by atoms with van der Waals surface area (Å²) in [5.74, 6) is 1.01. The van der Waals surface area contributed by atoms with Crippen molar-refractivity contribution in [3.05, 3.63) is 29.0 Å². The molecular formula is C14H16Cl2N2O2S. The molecular weight excluding hydrogens is 331 g/mol. The van der Waals surface area contributed by atoms with Crippen molar-refractivity contribution in [1.29, 1.82) is 0 Å². The second-order valence-electron chi connectivity index (χ2n) is 5.89. The molecule has 0 aliphatic carbocycles. The lowest BCUT2D eigenvalue weighted by Gasteiger charge is -2.28. The molecule has 0 N–H and O–H groups in total. The monoisotopic (exact) mass is 346 g/mol. The molecule has 0 spiro atoms. The second-order valence-corrected chi connectivity index (χ2v) is 9.17. The maximum Gasteiger partial charge on any atom is 0.152 e. The van der Waals surface area contributed by atoms with Crippen LogP contribution in [0.15, 0.2) is 18.2 Å². The SMILES string of the molecule is CC(Cl)c1nc2cc(Cl)ccc2n1C1(C)CCS(=O)(=O)C1. The van der Waals surface area contributed by atoms with Crippen molar-refractivity contribution in [1.82, 2.24) is 9.55 Å². The number of benzene rings is 1. The zero-order valence-corrected chi connectivity index (χ0v) is 14.1. The molecule has 0 amide bonds. The van der Waals surface area contributed by atoms with Gasteiger partial charge in [0.15, 0.2) is 9.84 Å². The summed E-state index contributed by atoms with van der Waals surface area (Å²) >= 11 is 12.3. The lowest BCUT2D eigenvalue weighted by Crippen LogP contribution is -2.33. The molecule has 1 aliphatic rings. The Labute approximate surface area is 134 Å². The van der Waals surface area contributed by atoms with Crippen molar-refractivity contribution in [2.75, 3.05) is 11.5 Å². The maximum absolute atomic E-state index is 11.9. The topological polar surface area (TPSA) is 52.0 Å². The summed E-state index contributed by atoms with van der Waals surface area (Å²) in [6.45, 7) is 3.80. The van der Waals surface area contributed by atoms with Crippen molar-refractivity contribution < 1.29 is 8.42 Å². The van der Waals surface area contributed by atoms with Crippen LogP contribution in [0.1, 0.15) is 31.5 Å². The van der Waals surface area contributed by atoms with E-state index in [1.165, 1.54) is 0 Å². The van der Waals surface area contributed by atoms with Gasteiger partial charge < -0.3 is 4.57 Å². The number of rotatable bonds is 2. The predicted octanol–water partition coefficient (Wildman–Crippen LogP) is 3.52. The molecule has 1 aromatic carbocycles. The summed E-state index contributed by atoms with van der Waals surface area (Å²) in [6.07, 6.45) is 0.569. The van der Waals surface area contributed by atoms with Crippen LogP contribution in [0.25, 0.3) is 11.0 Å². The van der Waals surface area contributed by atoms with E-state index in [2.05, 4.69) is 4.98 Å². The van der Waals surface area contributed by atoms with Gasteiger partial charge >= 0.3 is 0 Å². The Bertz CT molecular complexity index is 814. The van der Waals surface area contributed by atoms with Crippen LogP contribution in [0.2, 0.25) is 5.02 Å². The Morgan fingerprint density at radius 2 is 2.14 bits per heavy atom.